The molecule has 1 rings (SSSR count). The largest absolute Gasteiger partial charge is 0.496 e. The lowest BCUT2D eigenvalue weighted by Gasteiger charge is -2.16. The molecular weight excluding hydrogens is 264 g/mol. The molecule has 0 spiro atoms. The highest BCUT2D eigenvalue weighted by atomic mass is 32.1. The van der Waals surface area contributed by atoms with Crippen LogP contribution in [-0.4, -0.2) is 31.2 Å². The van der Waals surface area contributed by atoms with E-state index < -0.39 is 0 Å². The molecule has 6 heteroatoms. The van der Waals surface area contributed by atoms with E-state index in [0.717, 1.165) is 0 Å². The van der Waals surface area contributed by atoms with Gasteiger partial charge in [0.1, 0.15) is 17.1 Å². The number of carbonyl (C=O) groups is 1. The quantitative estimate of drug-likeness (QED) is 0.774. The van der Waals surface area contributed by atoms with Gasteiger partial charge in [-0.25, -0.2) is 0 Å². The van der Waals surface area contributed by atoms with Crippen LogP contribution < -0.4 is 20.5 Å². The van der Waals surface area contributed by atoms with E-state index in [1.165, 1.54) is 14.2 Å². The number of methoxy groups -OCH3 is 2. The van der Waals surface area contributed by atoms with Gasteiger partial charge < -0.3 is 20.5 Å². The van der Waals surface area contributed by atoms with Gasteiger partial charge in [-0.3, -0.25) is 4.79 Å². The van der Waals surface area contributed by atoms with Gasteiger partial charge in [-0.05, 0) is 19.1 Å². The number of hydrogen-bond acceptors (Lipinski definition) is 4. The zero-order valence-corrected chi connectivity index (χ0v) is 12.0. The molecule has 0 bridgehead atoms. The number of amides is 1. The van der Waals surface area contributed by atoms with E-state index in [-0.39, 0.29) is 11.9 Å². The topological polar surface area (TPSA) is 73.6 Å². The zero-order chi connectivity index (χ0) is 14.4. The Balaban J connectivity index is 2.95. The van der Waals surface area contributed by atoms with Crippen LogP contribution in [-0.2, 0) is 0 Å². The molecule has 1 aromatic carbocycles. The summed E-state index contributed by atoms with van der Waals surface area (Å²) < 4.78 is 10.4. The molecule has 0 aliphatic heterocycles. The number of hydrogen-bond donors (Lipinski definition) is 2. The van der Waals surface area contributed by atoms with Gasteiger partial charge in [-0.1, -0.05) is 18.3 Å². The summed E-state index contributed by atoms with van der Waals surface area (Å²) in [6.45, 7) is 1.83. The summed E-state index contributed by atoms with van der Waals surface area (Å²) in [5.41, 5.74) is 5.81. The van der Waals surface area contributed by atoms with Crippen LogP contribution in [0.4, 0.5) is 0 Å². The molecule has 0 heterocycles. The van der Waals surface area contributed by atoms with E-state index in [0.29, 0.717) is 28.5 Å². The van der Waals surface area contributed by atoms with Crippen LogP contribution in [0.5, 0.6) is 11.5 Å². The summed E-state index contributed by atoms with van der Waals surface area (Å²) in [4.78, 5) is 12.6. The van der Waals surface area contributed by atoms with Gasteiger partial charge in [0.25, 0.3) is 5.91 Å². The maximum absolute atomic E-state index is 12.2. The third-order valence-electron chi connectivity index (χ3n) is 2.54. The first-order chi connectivity index (χ1) is 8.99. The fraction of sp³-hybridized carbons (Fsp3) is 0.385. The molecular formula is C13H18N2O3S. The molecule has 0 aliphatic rings. The van der Waals surface area contributed by atoms with Gasteiger partial charge in [-0.15, -0.1) is 0 Å². The highest BCUT2D eigenvalue weighted by Crippen LogP contribution is 2.28. The third kappa shape index (κ3) is 4.10. The number of nitrogens with two attached hydrogens (primary N) is 1. The van der Waals surface area contributed by atoms with Crippen molar-refractivity contribution in [1.82, 2.24) is 5.32 Å². The Morgan fingerprint density at radius 2 is 1.89 bits per heavy atom. The van der Waals surface area contributed by atoms with Crippen LogP contribution in [0.25, 0.3) is 0 Å². The van der Waals surface area contributed by atoms with Gasteiger partial charge in [0.2, 0.25) is 0 Å². The van der Waals surface area contributed by atoms with Crippen molar-refractivity contribution in [3.63, 3.8) is 0 Å². The summed E-state index contributed by atoms with van der Waals surface area (Å²) in [7, 11) is 3.01. The Kier molecular flexibility index (Phi) is 5.57. The van der Waals surface area contributed by atoms with Crippen molar-refractivity contribution in [2.75, 3.05) is 14.2 Å². The monoisotopic (exact) mass is 282 g/mol. The van der Waals surface area contributed by atoms with Crippen molar-refractivity contribution in [1.29, 1.82) is 0 Å². The number of rotatable bonds is 6. The van der Waals surface area contributed by atoms with Crippen molar-refractivity contribution < 1.29 is 14.3 Å². The summed E-state index contributed by atoms with van der Waals surface area (Å²) in [5, 5.41) is 2.81. The maximum atomic E-state index is 12.2. The summed E-state index contributed by atoms with van der Waals surface area (Å²) in [6, 6.07) is 5.01. The van der Waals surface area contributed by atoms with E-state index in [1.807, 2.05) is 6.92 Å². The number of carbonyl (C=O) groups excluding carboxylic acids is 1. The minimum Gasteiger partial charge on any atom is -0.496 e. The SMILES string of the molecule is COc1cccc(OC)c1C(=O)NC(C)CC(N)=S. The van der Waals surface area contributed by atoms with Gasteiger partial charge >= 0.3 is 0 Å². The second-order valence-electron chi connectivity index (χ2n) is 4.08. The van der Waals surface area contributed by atoms with Gasteiger partial charge in [0, 0.05) is 12.5 Å². The second-order valence-corrected chi connectivity index (χ2v) is 4.61. The Bertz CT molecular complexity index is 455. The molecule has 3 N–H and O–H groups in total. The average Bonchev–Trinajstić information content (AvgIpc) is 2.36. The standard InChI is InChI=1S/C13H18N2O3S/c1-8(7-11(14)19)15-13(16)12-9(17-2)5-4-6-10(12)18-3/h4-6,8H,7H2,1-3H3,(H2,14,19)(H,15,16). The molecule has 0 aromatic heterocycles. The predicted molar refractivity (Wildman–Crippen MR) is 77.9 cm³/mol. The molecule has 1 unspecified atom stereocenters. The Labute approximate surface area is 118 Å². The van der Waals surface area contributed by atoms with E-state index in [9.17, 15) is 4.79 Å². The van der Waals surface area contributed by atoms with Crippen molar-refractivity contribution >= 4 is 23.1 Å². The van der Waals surface area contributed by atoms with E-state index in [4.69, 9.17) is 27.4 Å². The van der Waals surface area contributed by atoms with Gasteiger partial charge in [0.05, 0.1) is 19.2 Å². The predicted octanol–water partition coefficient (Wildman–Crippen LogP) is 1.50. The molecule has 0 fully saturated rings. The highest BCUT2D eigenvalue weighted by molar-refractivity contribution is 7.80. The molecule has 0 saturated heterocycles. The molecule has 1 atom stereocenters. The van der Waals surface area contributed by atoms with Crippen molar-refractivity contribution in [2.45, 2.75) is 19.4 Å². The molecule has 1 aromatic rings. The van der Waals surface area contributed by atoms with Crippen LogP contribution in [0.15, 0.2) is 18.2 Å². The molecule has 1 amide bonds. The summed E-state index contributed by atoms with van der Waals surface area (Å²) >= 11 is 4.82. The lowest BCUT2D eigenvalue weighted by atomic mass is 10.1. The first kappa shape index (κ1) is 15.2. The van der Waals surface area contributed by atoms with Crippen LogP contribution in [0.3, 0.4) is 0 Å². The van der Waals surface area contributed by atoms with E-state index in [1.54, 1.807) is 18.2 Å². The van der Waals surface area contributed by atoms with E-state index >= 15 is 0 Å². The molecule has 104 valence electrons. The number of thiocarbonyl (C=S) groups is 1. The van der Waals surface area contributed by atoms with E-state index in [2.05, 4.69) is 5.32 Å². The molecule has 0 radical (unpaired) electrons. The molecule has 19 heavy (non-hydrogen) atoms. The minimum atomic E-state index is -0.280. The van der Waals surface area contributed by atoms with Crippen molar-refractivity contribution in [3.8, 4) is 11.5 Å². The van der Waals surface area contributed by atoms with Crippen LogP contribution in [0.2, 0.25) is 0 Å². The first-order valence-electron chi connectivity index (χ1n) is 5.79. The maximum Gasteiger partial charge on any atom is 0.259 e. The Morgan fingerprint density at radius 1 is 1.37 bits per heavy atom. The minimum absolute atomic E-state index is 0.153. The van der Waals surface area contributed by atoms with Crippen molar-refractivity contribution in [2.24, 2.45) is 5.73 Å². The fourth-order valence-corrected chi connectivity index (χ4v) is 1.97. The first-order valence-corrected chi connectivity index (χ1v) is 6.20. The fourth-order valence-electron chi connectivity index (χ4n) is 1.72. The number of benzene rings is 1. The third-order valence-corrected chi connectivity index (χ3v) is 2.71. The Hall–Kier alpha value is -1.82. The van der Waals surface area contributed by atoms with Gasteiger partial charge in [0.15, 0.2) is 0 Å². The molecule has 5 nitrogen and oxygen atoms in total. The normalized spacial score (nSPS) is 11.5. The second kappa shape index (κ2) is 6.94. The smallest absolute Gasteiger partial charge is 0.259 e. The van der Waals surface area contributed by atoms with Gasteiger partial charge in [-0.2, -0.15) is 0 Å². The van der Waals surface area contributed by atoms with Crippen LogP contribution in [0, 0.1) is 0 Å². The zero-order valence-electron chi connectivity index (χ0n) is 11.2. The Morgan fingerprint density at radius 3 is 2.32 bits per heavy atom. The van der Waals surface area contributed by atoms with Crippen LogP contribution in [0.1, 0.15) is 23.7 Å². The summed E-state index contributed by atoms with van der Waals surface area (Å²) in [5.74, 6) is 0.636. The molecule has 0 saturated carbocycles. The summed E-state index contributed by atoms with van der Waals surface area (Å²) in [6.07, 6.45) is 0.443. The number of nitrogens with one attached hydrogen (secondary N) is 1. The lowest BCUT2D eigenvalue weighted by molar-refractivity contribution is 0.0935. The lowest BCUT2D eigenvalue weighted by Crippen LogP contribution is -2.35. The number of ether oxygens (including phenoxy) is 2. The molecule has 0 aliphatic carbocycles. The highest BCUT2D eigenvalue weighted by Gasteiger charge is 2.19. The van der Waals surface area contributed by atoms with Crippen LogP contribution >= 0.6 is 12.2 Å². The van der Waals surface area contributed by atoms with Crippen molar-refractivity contribution in [3.05, 3.63) is 23.8 Å². The average molecular weight is 282 g/mol.